The molecule has 1 aliphatic rings. The van der Waals surface area contributed by atoms with E-state index in [0.717, 1.165) is 16.8 Å². The monoisotopic (exact) mass is 423 g/mol. The van der Waals surface area contributed by atoms with Gasteiger partial charge in [0.25, 0.3) is 0 Å². The number of amides is 2. The smallest absolute Gasteiger partial charge is 0.368 e. The third-order valence-electron chi connectivity index (χ3n) is 4.61. The topological polar surface area (TPSA) is 72.3 Å². The van der Waals surface area contributed by atoms with Crippen molar-refractivity contribution in [2.45, 2.75) is 20.1 Å². The number of hydrogen-bond donors (Lipinski definition) is 1. The van der Waals surface area contributed by atoms with Crippen molar-refractivity contribution in [2.75, 3.05) is 12.4 Å². The highest BCUT2D eigenvalue weighted by atomic mass is 35.5. The number of nitrogens with zero attached hydrogens (tertiary/aromatic N) is 2. The molecule has 0 unspecified atom stereocenters. The van der Waals surface area contributed by atoms with Gasteiger partial charge in [-0.1, -0.05) is 35.9 Å². The summed E-state index contributed by atoms with van der Waals surface area (Å²) in [6.07, 6.45) is 0. The average Bonchev–Trinajstić information content (AvgIpc) is 3.10. The lowest BCUT2D eigenvalue weighted by molar-refractivity contribution is 0.256. The van der Waals surface area contributed by atoms with Crippen molar-refractivity contribution in [3.8, 4) is 11.5 Å². The van der Waals surface area contributed by atoms with Crippen LogP contribution in [0.3, 0.4) is 0 Å². The number of carbonyl (C=O) groups is 1. The fourth-order valence-electron chi connectivity index (χ4n) is 3.16. The number of nitrogens with one attached hydrogen (secondary N) is 1. The van der Waals surface area contributed by atoms with Gasteiger partial charge in [-0.25, -0.2) is 4.79 Å². The molecule has 30 heavy (non-hydrogen) atoms. The number of rotatable bonds is 7. The van der Waals surface area contributed by atoms with Gasteiger partial charge in [0, 0.05) is 12.2 Å². The van der Waals surface area contributed by atoms with Crippen molar-refractivity contribution in [3.05, 3.63) is 88.1 Å². The van der Waals surface area contributed by atoms with E-state index in [2.05, 4.69) is 34.4 Å². The molecule has 0 aromatic heterocycles. The predicted octanol–water partition coefficient (Wildman–Crippen LogP) is 3.99. The standard InChI is InChI=1S/C23H21N3O3.ClH/c1-15-4-3-5-17(10-15)14-29-21-9-6-16(11-22(21)28-2)13-24-18-7-8-19-20(12-18)26-23(27)25-19;/h3-12,24H,13-14H2,1-2H3;1H. The van der Waals surface area contributed by atoms with E-state index in [1.54, 1.807) is 13.2 Å². The van der Waals surface area contributed by atoms with E-state index in [9.17, 15) is 4.79 Å². The Morgan fingerprint density at radius 1 is 0.900 bits per heavy atom. The number of methoxy groups -OCH3 is 1. The van der Waals surface area contributed by atoms with Crippen molar-refractivity contribution in [1.82, 2.24) is 0 Å². The lowest BCUT2D eigenvalue weighted by Crippen LogP contribution is -2.21. The molecule has 0 aliphatic carbocycles. The van der Waals surface area contributed by atoms with Crippen LogP contribution in [0.2, 0.25) is 0 Å². The molecule has 0 bridgehead atoms. The molecule has 0 saturated heterocycles. The van der Waals surface area contributed by atoms with Gasteiger partial charge in [0.15, 0.2) is 11.5 Å². The molecule has 0 atom stereocenters. The molecule has 0 saturated carbocycles. The zero-order valence-electron chi connectivity index (χ0n) is 16.7. The summed E-state index contributed by atoms with van der Waals surface area (Å²) in [7, 11) is 1.63. The van der Waals surface area contributed by atoms with Crippen LogP contribution in [-0.2, 0) is 13.2 Å². The number of halogens is 1. The Hall–Kier alpha value is -3.38. The van der Waals surface area contributed by atoms with Gasteiger partial charge in [-0.15, -0.1) is 12.4 Å². The predicted molar refractivity (Wildman–Crippen MR) is 117 cm³/mol. The molecule has 0 spiro atoms. The molecular formula is C23H22ClN3O3. The summed E-state index contributed by atoms with van der Waals surface area (Å²) < 4.78 is 11.5. The fourth-order valence-corrected chi connectivity index (χ4v) is 3.16. The lowest BCUT2D eigenvalue weighted by atomic mass is 10.1. The quantitative estimate of drug-likeness (QED) is 0.623. The van der Waals surface area contributed by atoms with Crippen LogP contribution in [0.15, 0.2) is 70.6 Å². The Labute approximate surface area is 180 Å². The molecule has 1 aliphatic heterocycles. The van der Waals surface area contributed by atoms with E-state index in [1.807, 2.05) is 42.5 Å². The van der Waals surface area contributed by atoms with E-state index in [1.165, 1.54) is 5.56 Å². The zero-order valence-corrected chi connectivity index (χ0v) is 17.5. The SMILES string of the molecule is COc1cc(CNc2ccc3c(c2)=NC(=O)N=3)ccc1OCc1cccc(C)c1.Cl. The second-order valence-electron chi connectivity index (χ2n) is 6.83. The maximum atomic E-state index is 11.3. The first-order chi connectivity index (χ1) is 14.1. The Morgan fingerprint density at radius 2 is 1.73 bits per heavy atom. The largest absolute Gasteiger partial charge is 0.493 e. The Balaban J connectivity index is 0.00000256. The Kier molecular flexibility index (Phi) is 6.69. The van der Waals surface area contributed by atoms with Gasteiger partial charge in [0.2, 0.25) is 0 Å². The third kappa shape index (κ3) is 4.96. The molecule has 154 valence electrons. The second kappa shape index (κ2) is 9.41. The first kappa shape index (κ1) is 21.3. The van der Waals surface area contributed by atoms with Crippen LogP contribution >= 0.6 is 12.4 Å². The lowest BCUT2D eigenvalue weighted by Gasteiger charge is -2.13. The van der Waals surface area contributed by atoms with E-state index in [-0.39, 0.29) is 12.4 Å². The van der Waals surface area contributed by atoms with Gasteiger partial charge >= 0.3 is 6.03 Å². The van der Waals surface area contributed by atoms with Gasteiger partial charge < -0.3 is 14.8 Å². The first-order valence-electron chi connectivity index (χ1n) is 9.31. The highest BCUT2D eigenvalue weighted by Crippen LogP contribution is 2.29. The molecule has 0 fully saturated rings. The number of urea groups is 1. The molecule has 7 heteroatoms. The minimum Gasteiger partial charge on any atom is -0.493 e. The highest BCUT2D eigenvalue weighted by Gasteiger charge is 2.08. The summed E-state index contributed by atoms with van der Waals surface area (Å²) in [4.78, 5) is 19.0. The minimum atomic E-state index is -0.455. The highest BCUT2D eigenvalue weighted by molar-refractivity contribution is 5.85. The van der Waals surface area contributed by atoms with E-state index < -0.39 is 6.03 Å². The molecule has 3 aromatic rings. The number of aryl methyl sites for hydroxylation is 1. The third-order valence-corrected chi connectivity index (χ3v) is 4.61. The molecule has 6 nitrogen and oxygen atoms in total. The van der Waals surface area contributed by atoms with Crippen LogP contribution in [-0.4, -0.2) is 13.1 Å². The summed E-state index contributed by atoms with van der Waals surface area (Å²) in [5.41, 5.74) is 4.24. The van der Waals surface area contributed by atoms with Crippen molar-refractivity contribution in [2.24, 2.45) is 9.98 Å². The fraction of sp³-hybridized carbons (Fsp3) is 0.174. The summed E-state index contributed by atoms with van der Waals surface area (Å²) in [6, 6.07) is 19.1. The summed E-state index contributed by atoms with van der Waals surface area (Å²) >= 11 is 0. The first-order valence-corrected chi connectivity index (χ1v) is 9.31. The second-order valence-corrected chi connectivity index (χ2v) is 6.83. The van der Waals surface area contributed by atoms with Gasteiger partial charge in [-0.05, 0) is 48.4 Å². The van der Waals surface area contributed by atoms with Crippen molar-refractivity contribution >= 4 is 24.1 Å². The summed E-state index contributed by atoms with van der Waals surface area (Å²) in [6.45, 7) is 3.14. The van der Waals surface area contributed by atoms with Crippen LogP contribution in [0.1, 0.15) is 16.7 Å². The average molecular weight is 424 g/mol. The number of carbonyl (C=O) groups excluding carboxylic acids is 1. The van der Waals surface area contributed by atoms with Crippen molar-refractivity contribution in [3.63, 3.8) is 0 Å². The number of fused-ring (bicyclic) bond motifs is 1. The van der Waals surface area contributed by atoms with Gasteiger partial charge in [0.1, 0.15) is 6.61 Å². The van der Waals surface area contributed by atoms with Crippen molar-refractivity contribution < 1.29 is 14.3 Å². The van der Waals surface area contributed by atoms with Gasteiger partial charge in [-0.3, -0.25) is 0 Å². The molecule has 1 heterocycles. The number of anilines is 1. The van der Waals surface area contributed by atoms with Crippen LogP contribution in [0.4, 0.5) is 10.5 Å². The van der Waals surface area contributed by atoms with Crippen LogP contribution in [0.5, 0.6) is 11.5 Å². The maximum Gasteiger partial charge on any atom is 0.368 e. The summed E-state index contributed by atoms with van der Waals surface area (Å²) in [5, 5.41) is 4.53. The molecule has 4 rings (SSSR count). The Bertz CT molecular complexity index is 1190. The molecule has 2 amide bonds. The van der Waals surface area contributed by atoms with Crippen LogP contribution in [0, 0.1) is 6.92 Å². The van der Waals surface area contributed by atoms with E-state index in [4.69, 9.17) is 9.47 Å². The number of benzene rings is 3. The van der Waals surface area contributed by atoms with Crippen LogP contribution in [0.25, 0.3) is 0 Å². The summed E-state index contributed by atoms with van der Waals surface area (Å²) in [5.74, 6) is 1.39. The molecule has 0 radical (unpaired) electrons. The molecule has 3 aromatic carbocycles. The van der Waals surface area contributed by atoms with Crippen LogP contribution < -0.4 is 25.5 Å². The minimum absolute atomic E-state index is 0. The number of hydrogen-bond acceptors (Lipinski definition) is 4. The van der Waals surface area contributed by atoms with E-state index in [0.29, 0.717) is 35.4 Å². The Morgan fingerprint density at radius 3 is 2.53 bits per heavy atom. The number of ether oxygens (including phenoxy) is 2. The molecular weight excluding hydrogens is 402 g/mol. The van der Waals surface area contributed by atoms with Gasteiger partial charge in [-0.2, -0.15) is 9.98 Å². The van der Waals surface area contributed by atoms with E-state index >= 15 is 0 Å². The maximum absolute atomic E-state index is 11.3. The molecule has 1 N–H and O–H groups in total. The van der Waals surface area contributed by atoms with Gasteiger partial charge in [0.05, 0.1) is 17.8 Å². The zero-order chi connectivity index (χ0) is 20.2. The van der Waals surface area contributed by atoms with Crippen molar-refractivity contribution in [1.29, 1.82) is 0 Å². The normalized spacial score (nSPS) is 11.6.